The zero-order valence-corrected chi connectivity index (χ0v) is 13.2. The molecule has 0 spiro atoms. The summed E-state index contributed by atoms with van der Waals surface area (Å²) in [6, 6.07) is 2.78. The summed E-state index contributed by atoms with van der Waals surface area (Å²) in [5.74, 6) is -2.00. The number of halogens is 2. The van der Waals surface area contributed by atoms with Crippen molar-refractivity contribution in [2.45, 2.75) is 38.1 Å². The Bertz CT molecular complexity index is 818. The first-order valence-electron chi connectivity index (χ1n) is 7.39. The van der Waals surface area contributed by atoms with Gasteiger partial charge < -0.3 is 0 Å². The number of hydrogen-bond acceptors (Lipinski definition) is 3. The highest BCUT2D eigenvalue weighted by atomic mass is 32.2. The number of fused-ring (bicyclic) bond motifs is 1. The molecule has 1 aliphatic rings. The van der Waals surface area contributed by atoms with Gasteiger partial charge in [-0.2, -0.15) is 5.10 Å². The van der Waals surface area contributed by atoms with Gasteiger partial charge in [0.2, 0.25) is 10.0 Å². The first kappa shape index (κ1) is 16.1. The molecule has 1 N–H and O–H groups in total. The topological polar surface area (TPSA) is 64.0 Å². The minimum absolute atomic E-state index is 0.106. The van der Waals surface area contributed by atoms with Gasteiger partial charge >= 0.3 is 0 Å². The SMILES string of the molecule is O=S(=O)(Cc1cc(F)ccc1F)NCc1cnn2c1CCCC2. The van der Waals surface area contributed by atoms with Gasteiger partial charge in [-0.05, 0) is 37.5 Å². The number of aryl methyl sites for hydroxylation is 1. The van der Waals surface area contributed by atoms with E-state index in [4.69, 9.17) is 0 Å². The molecule has 1 aliphatic heterocycles. The Hall–Kier alpha value is -1.80. The maximum absolute atomic E-state index is 13.6. The van der Waals surface area contributed by atoms with Crippen LogP contribution in [0.2, 0.25) is 0 Å². The van der Waals surface area contributed by atoms with Crippen LogP contribution in [0.3, 0.4) is 0 Å². The van der Waals surface area contributed by atoms with Gasteiger partial charge in [0.1, 0.15) is 11.6 Å². The van der Waals surface area contributed by atoms with Gasteiger partial charge in [0.05, 0.1) is 11.9 Å². The van der Waals surface area contributed by atoms with E-state index in [9.17, 15) is 17.2 Å². The number of sulfonamides is 1. The minimum atomic E-state index is -3.77. The smallest absolute Gasteiger partial charge is 0.216 e. The molecule has 124 valence electrons. The first-order chi connectivity index (χ1) is 10.9. The fourth-order valence-corrected chi connectivity index (χ4v) is 3.84. The Kier molecular flexibility index (Phi) is 4.45. The number of nitrogens with one attached hydrogen (secondary N) is 1. The number of benzene rings is 1. The quantitative estimate of drug-likeness (QED) is 0.906. The lowest BCUT2D eigenvalue weighted by atomic mass is 10.1. The van der Waals surface area contributed by atoms with Crippen molar-refractivity contribution in [2.75, 3.05) is 0 Å². The minimum Gasteiger partial charge on any atom is -0.269 e. The molecule has 0 aliphatic carbocycles. The maximum Gasteiger partial charge on any atom is 0.216 e. The second-order valence-electron chi connectivity index (χ2n) is 5.61. The van der Waals surface area contributed by atoms with E-state index in [-0.39, 0.29) is 12.1 Å². The van der Waals surface area contributed by atoms with Crippen molar-refractivity contribution in [3.05, 3.63) is 52.9 Å². The van der Waals surface area contributed by atoms with Crippen LogP contribution < -0.4 is 4.72 Å². The number of rotatable bonds is 5. The number of nitrogens with zero attached hydrogens (tertiary/aromatic N) is 2. The van der Waals surface area contributed by atoms with Crippen molar-refractivity contribution in [3.63, 3.8) is 0 Å². The van der Waals surface area contributed by atoms with E-state index in [1.54, 1.807) is 6.20 Å². The standard InChI is InChI=1S/C15H17F2N3O2S/c16-13-4-5-14(17)11(7-13)10-23(21,22)19-9-12-8-18-20-6-2-1-3-15(12)20/h4-5,7-8,19H,1-3,6,9-10H2. The van der Waals surface area contributed by atoms with Gasteiger partial charge in [-0.25, -0.2) is 21.9 Å². The molecule has 1 aromatic heterocycles. The Morgan fingerprint density at radius 2 is 2.04 bits per heavy atom. The summed E-state index contributed by atoms with van der Waals surface area (Å²) in [6.07, 6.45) is 4.65. The predicted molar refractivity (Wildman–Crippen MR) is 81.0 cm³/mol. The summed E-state index contributed by atoms with van der Waals surface area (Å²) < 4.78 is 55.2. The average Bonchev–Trinajstić information content (AvgIpc) is 2.92. The Morgan fingerprint density at radius 3 is 2.87 bits per heavy atom. The molecule has 3 rings (SSSR count). The lowest BCUT2D eigenvalue weighted by Crippen LogP contribution is -2.26. The molecule has 23 heavy (non-hydrogen) atoms. The monoisotopic (exact) mass is 341 g/mol. The molecule has 0 atom stereocenters. The van der Waals surface area contributed by atoms with Crippen LogP contribution in [0.25, 0.3) is 0 Å². The van der Waals surface area contributed by atoms with E-state index in [2.05, 4.69) is 9.82 Å². The molecule has 0 saturated heterocycles. The van der Waals surface area contributed by atoms with Crippen molar-refractivity contribution < 1.29 is 17.2 Å². The largest absolute Gasteiger partial charge is 0.269 e. The summed E-state index contributed by atoms with van der Waals surface area (Å²) in [7, 11) is -3.77. The van der Waals surface area contributed by atoms with Crippen LogP contribution in [-0.4, -0.2) is 18.2 Å². The van der Waals surface area contributed by atoms with Crippen molar-refractivity contribution in [3.8, 4) is 0 Å². The lowest BCUT2D eigenvalue weighted by molar-refractivity contribution is 0.483. The molecule has 0 unspecified atom stereocenters. The molecule has 2 heterocycles. The highest BCUT2D eigenvalue weighted by Gasteiger charge is 2.18. The second kappa shape index (κ2) is 6.37. The van der Waals surface area contributed by atoms with Crippen LogP contribution in [0.1, 0.15) is 29.7 Å². The summed E-state index contributed by atoms with van der Waals surface area (Å²) in [6.45, 7) is 0.950. The third-order valence-electron chi connectivity index (χ3n) is 3.90. The lowest BCUT2D eigenvalue weighted by Gasteiger charge is -2.15. The van der Waals surface area contributed by atoms with Crippen LogP contribution in [0.5, 0.6) is 0 Å². The number of aromatic nitrogens is 2. The highest BCUT2D eigenvalue weighted by molar-refractivity contribution is 7.88. The molecule has 8 heteroatoms. The van der Waals surface area contributed by atoms with Gasteiger partial charge in [0.25, 0.3) is 0 Å². The first-order valence-corrected chi connectivity index (χ1v) is 9.05. The molecule has 1 aromatic carbocycles. The summed E-state index contributed by atoms with van der Waals surface area (Å²) in [5, 5.41) is 4.24. The average molecular weight is 341 g/mol. The molecule has 0 amide bonds. The van der Waals surface area contributed by atoms with Crippen molar-refractivity contribution in [1.82, 2.24) is 14.5 Å². The Labute approximate surface area is 133 Å². The van der Waals surface area contributed by atoms with Crippen LogP contribution in [0.4, 0.5) is 8.78 Å². The fraction of sp³-hybridized carbons (Fsp3) is 0.400. The van der Waals surface area contributed by atoms with Gasteiger partial charge in [-0.15, -0.1) is 0 Å². The van der Waals surface area contributed by atoms with E-state index in [1.165, 1.54) is 0 Å². The number of hydrogen-bond donors (Lipinski definition) is 1. The zero-order chi connectivity index (χ0) is 16.4. The van der Waals surface area contributed by atoms with Crippen LogP contribution in [-0.2, 0) is 35.3 Å². The van der Waals surface area contributed by atoms with Gasteiger partial charge in [0, 0.05) is 29.9 Å². The molecule has 0 saturated carbocycles. The van der Waals surface area contributed by atoms with E-state index >= 15 is 0 Å². The molecular formula is C15H17F2N3O2S. The van der Waals surface area contributed by atoms with E-state index in [1.807, 2.05) is 4.68 Å². The van der Waals surface area contributed by atoms with E-state index < -0.39 is 27.4 Å². The maximum atomic E-state index is 13.6. The highest BCUT2D eigenvalue weighted by Crippen LogP contribution is 2.18. The third-order valence-corrected chi connectivity index (χ3v) is 5.18. The van der Waals surface area contributed by atoms with Crippen LogP contribution in [0, 0.1) is 11.6 Å². The van der Waals surface area contributed by atoms with Crippen molar-refractivity contribution >= 4 is 10.0 Å². The van der Waals surface area contributed by atoms with Crippen molar-refractivity contribution in [2.24, 2.45) is 0 Å². The van der Waals surface area contributed by atoms with Crippen LogP contribution in [0.15, 0.2) is 24.4 Å². The fourth-order valence-electron chi connectivity index (χ4n) is 2.73. The normalized spacial score (nSPS) is 14.7. The predicted octanol–water partition coefficient (Wildman–Crippen LogP) is 2.12. The van der Waals surface area contributed by atoms with Gasteiger partial charge in [-0.1, -0.05) is 0 Å². The molecule has 2 aromatic rings. The molecular weight excluding hydrogens is 324 g/mol. The third kappa shape index (κ3) is 3.76. The summed E-state index contributed by atoms with van der Waals surface area (Å²) in [5.41, 5.74) is 1.68. The van der Waals surface area contributed by atoms with Crippen LogP contribution >= 0.6 is 0 Å². The molecule has 5 nitrogen and oxygen atoms in total. The van der Waals surface area contributed by atoms with E-state index in [0.717, 1.165) is 55.3 Å². The zero-order valence-electron chi connectivity index (χ0n) is 12.4. The second-order valence-corrected chi connectivity index (χ2v) is 7.42. The molecule has 0 radical (unpaired) electrons. The van der Waals surface area contributed by atoms with Crippen molar-refractivity contribution in [1.29, 1.82) is 0 Å². The van der Waals surface area contributed by atoms with Gasteiger partial charge in [-0.3, -0.25) is 4.68 Å². The summed E-state index contributed by atoms with van der Waals surface area (Å²) >= 11 is 0. The Morgan fingerprint density at radius 1 is 1.22 bits per heavy atom. The molecule has 0 fully saturated rings. The van der Waals surface area contributed by atoms with Gasteiger partial charge in [0.15, 0.2) is 0 Å². The molecule has 0 bridgehead atoms. The van der Waals surface area contributed by atoms with E-state index in [0.29, 0.717) is 0 Å². The summed E-state index contributed by atoms with van der Waals surface area (Å²) in [4.78, 5) is 0. The Balaban J connectivity index is 1.69.